The first-order valence-electron chi connectivity index (χ1n) is 7.35. The number of methoxy groups -OCH3 is 2. The van der Waals surface area contributed by atoms with E-state index in [1.54, 1.807) is 14.2 Å². The van der Waals surface area contributed by atoms with Gasteiger partial charge in [0.05, 0.1) is 19.6 Å². The van der Waals surface area contributed by atoms with Gasteiger partial charge in [-0.3, -0.25) is 0 Å². The summed E-state index contributed by atoms with van der Waals surface area (Å²) in [6.45, 7) is 4.67. The van der Waals surface area contributed by atoms with Crippen LogP contribution in [-0.2, 0) is 0 Å². The van der Waals surface area contributed by atoms with E-state index in [1.807, 2.05) is 18.2 Å². The van der Waals surface area contributed by atoms with Crippen molar-refractivity contribution >= 4 is 11.6 Å². The van der Waals surface area contributed by atoms with Crippen LogP contribution in [0.4, 0.5) is 0 Å². The lowest BCUT2D eigenvalue weighted by molar-refractivity contribution is 0.132. The smallest absolute Gasteiger partial charge is 0.127 e. The molecule has 0 aromatic heterocycles. The molecule has 1 aliphatic carbocycles. The van der Waals surface area contributed by atoms with Crippen LogP contribution in [-0.4, -0.2) is 14.2 Å². The van der Waals surface area contributed by atoms with Crippen LogP contribution in [0.25, 0.3) is 0 Å². The first kappa shape index (κ1) is 15.5. The molecule has 1 aromatic rings. The maximum atomic E-state index is 6.83. The lowest BCUT2D eigenvalue weighted by atomic mass is 9.66. The second-order valence-electron chi connectivity index (χ2n) is 6.35. The highest BCUT2D eigenvalue weighted by Gasteiger charge is 2.38. The number of hydrogen-bond acceptors (Lipinski definition) is 2. The topological polar surface area (TPSA) is 18.5 Å². The molecule has 1 aliphatic rings. The van der Waals surface area contributed by atoms with E-state index < -0.39 is 0 Å². The van der Waals surface area contributed by atoms with E-state index in [-0.39, 0.29) is 10.8 Å². The Morgan fingerprint density at radius 2 is 1.95 bits per heavy atom. The van der Waals surface area contributed by atoms with E-state index in [1.165, 1.54) is 25.7 Å². The van der Waals surface area contributed by atoms with Crippen molar-refractivity contribution in [3.05, 3.63) is 23.8 Å². The lowest BCUT2D eigenvalue weighted by Crippen LogP contribution is -2.31. The molecule has 0 N–H and O–H groups in total. The SMILES string of the molecule is COc1ccc(C(Cl)C2CCCCC2(C)C)c(OC)c1. The lowest BCUT2D eigenvalue weighted by Gasteiger charge is -2.41. The summed E-state index contributed by atoms with van der Waals surface area (Å²) in [7, 11) is 3.35. The third-order valence-electron chi connectivity index (χ3n) is 4.68. The molecule has 0 radical (unpaired) electrons. The molecule has 0 heterocycles. The zero-order valence-electron chi connectivity index (χ0n) is 12.9. The van der Waals surface area contributed by atoms with E-state index in [9.17, 15) is 0 Å². The number of alkyl halides is 1. The van der Waals surface area contributed by atoms with Crippen molar-refractivity contribution in [1.82, 2.24) is 0 Å². The van der Waals surface area contributed by atoms with Gasteiger partial charge < -0.3 is 9.47 Å². The van der Waals surface area contributed by atoms with E-state index in [4.69, 9.17) is 21.1 Å². The van der Waals surface area contributed by atoms with Crippen molar-refractivity contribution in [2.75, 3.05) is 14.2 Å². The molecule has 0 bridgehead atoms. The minimum Gasteiger partial charge on any atom is -0.497 e. The fourth-order valence-corrected chi connectivity index (χ4v) is 3.97. The van der Waals surface area contributed by atoms with Gasteiger partial charge in [0.1, 0.15) is 11.5 Å². The van der Waals surface area contributed by atoms with Crippen LogP contribution in [0.1, 0.15) is 50.5 Å². The van der Waals surface area contributed by atoms with Gasteiger partial charge >= 0.3 is 0 Å². The van der Waals surface area contributed by atoms with Crippen molar-refractivity contribution in [2.45, 2.75) is 44.9 Å². The number of rotatable bonds is 4. The van der Waals surface area contributed by atoms with Crippen LogP contribution in [0.2, 0.25) is 0 Å². The predicted octanol–water partition coefficient (Wildman–Crippen LogP) is 5.20. The van der Waals surface area contributed by atoms with Crippen LogP contribution < -0.4 is 9.47 Å². The molecular formula is C17H25ClO2. The molecule has 2 unspecified atom stereocenters. The summed E-state index contributed by atoms with van der Waals surface area (Å²) in [4.78, 5) is 0. The molecule has 0 saturated heterocycles. The van der Waals surface area contributed by atoms with Gasteiger partial charge in [-0.15, -0.1) is 11.6 Å². The highest BCUT2D eigenvalue weighted by Crippen LogP contribution is 2.51. The summed E-state index contributed by atoms with van der Waals surface area (Å²) < 4.78 is 10.8. The van der Waals surface area contributed by atoms with E-state index in [0.717, 1.165) is 17.1 Å². The molecule has 20 heavy (non-hydrogen) atoms. The molecule has 2 nitrogen and oxygen atoms in total. The van der Waals surface area contributed by atoms with Crippen molar-refractivity contribution in [3.63, 3.8) is 0 Å². The second-order valence-corrected chi connectivity index (χ2v) is 6.82. The average molecular weight is 297 g/mol. The first-order chi connectivity index (χ1) is 9.49. The molecule has 2 atom stereocenters. The average Bonchev–Trinajstić information content (AvgIpc) is 2.45. The number of halogens is 1. The standard InChI is InChI=1S/C17H25ClO2/c1-17(2)10-6-5-7-14(17)16(18)13-9-8-12(19-3)11-15(13)20-4/h8-9,11,14,16H,5-7,10H2,1-4H3. The van der Waals surface area contributed by atoms with Gasteiger partial charge in [-0.2, -0.15) is 0 Å². The summed E-state index contributed by atoms with van der Waals surface area (Å²) in [5.74, 6) is 2.11. The monoisotopic (exact) mass is 296 g/mol. The van der Waals surface area contributed by atoms with Crippen LogP contribution in [0.5, 0.6) is 11.5 Å². The number of hydrogen-bond donors (Lipinski definition) is 0. The largest absolute Gasteiger partial charge is 0.497 e. The maximum Gasteiger partial charge on any atom is 0.127 e. The third-order valence-corrected chi connectivity index (χ3v) is 5.22. The Morgan fingerprint density at radius 1 is 1.20 bits per heavy atom. The van der Waals surface area contributed by atoms with Crippen LogP contribution >= 0.6 is 11.6 Å². The minimum absolute atomic E-state index is 0.00819. The highest BCUT2D eigenvalue weighted by atomic mass is 35.5. The molecule has 3 heteroatoms. The van der Waals surface area contributed by atoms with Gasteiger partial charge in [0.2, 0.25) is 0 Å². The fraction of sp³-hybridized carbons (Fsp3) is 0.647. The predicted molar refractivity (Wildman–Crippen MR) is 83.9 cm³/mol. The van der Waals surface area contributed by atoms with Gasteiger partial charge in [0.15, 0.2) is 0 Å². The molecule has 112 valence electrons. The normalized spacial score (nSPS) is 23.1. The molecule has 0 spiro atoms. The van der Waals surface area contributed by atoms with Gasteiger partial charge in [-0.25, -0.2) is 0 Å². The van der Waals surface area contributed by atoms with Gasteiger partial charge in [0.25, 0.3) is 0 Å². The molecule has 0 amide bonds. The van der Waals surface area contributed by atoms with Crippen molar-refractivity contribution in [2.24, 2.45) is 11.3 Å². The zero-order chi connectivity index (χ0) is 14.8. The molecule has 1 aromatic carbocycles. The van der Waals surface area contributed by atoms with Crippen molar-refractivity contribution < 1.29 is 9.47 Å². The van der Waals surface area contributed by atoms with Gasteiger partial charge in [0, 0.05) is 11.6 Å². The Hall–Kier alpha value is -0.890. The number of ether oxygens (including phenoxy) is 2. The third kappa shape index (κ3) is 3.06. The van der Waals surface area contributed by atoms with Crippen LogP contribution in [0.3, 0.4) is 0 Å². The van der Waals surface area contributed by atoms with Gasteiger partial charge in [-0.05, 0) is 30.2 Å². The van der Waals surface area contributed by atoms with Gasteiger partial charge in [-0.1, -0.05) is 32.8 Å². The number of benzene rings is 1. The summed E-state index contributed by atoms with van der Waals surface area (Å²) >= 11 is 6.83. The Morgan fingerprint density at radius 3 is 2.55 bits per heavy atom. The van der Waals surface area contributed by atoms with E-state index in [0.29, 0.717) is 5.92 Å². The van der Waals surface area contributed by atoms with Crippen molar-refractivity contribution in [1.29, 1.82) is 0 Å². The molecule has 1 saturated carbocycles. The fourth-order valence-electron chi connectivity index (χ4n) is 3.33. The maximum absolute atomic E-state index is 6.83. The quantitative estimate of drug-likeness (QED) is 0.711. The second kappa shape index (κ2) is 6.26. The molecular weight excluding hydrogens is 272 g/mol. The zero-order valence-corrected chi connectivity index (χ0v) is 13.7. The highest BCUT2D eigenvalue weighted by molar-refractivity contribution is 6.21. The molecule has 0 aliphatic heterocycles. The molecule has 2 rings (SSSR count). The van der Waals surface area contributed by atoms with E-state index in [2.05, 4.69) is 13.8 Å². The first-order valence-corrected chi connectivity index (χ1v) is 7.79. The Kier molecular flexibility index (Phi) is 4.85. The van der Waals surface area contributed by atoms with Crippen molar-refractivity contribution in [3.8, 4) is 11.5 Å². The Bertz CT molecular complexity index is 456. The summed E-state index contributed by atoms with van der Waals surface area (Å²) in [5.41, 5.74) is 1.37. The Balaban J connectivity index is 2.30. The summed E-state index contributed by atoms with van der Waals surface area (Å²) in [6.07, 6.45) is 5.03. The van der Waals surface area contributed by atoms with E-state index >= 15 is 0 Å². The van der Waals surface area contributed by atoms with Crippen LogP contribution in [0.15, 0.2) is 18.2 Å². The Labute approximate surface area is 127 Å². The van der Waals surface area contributed by atoms with Crippen LogP contribution in [0, 0.1) is 11.3 Å². The molecule has 1 fully saturated rings. The minimum atomic E-state index is -0.00819. The summed E-state index contributed by atoms with van der Waals surface area (Å²) in [5, 5.41) is -0.00819. The summed E-state index contributed by atoms with van der Waals surface area (Å²) in [6, 6.07) is 5.92.